The topological polar surface area (TPSA) is 222 Å². The Labute approximate surface area is 226 Å². The maximum absolute atomic E-state index is 12.6. The maximum Gasteiger partial charge on any atom is 0.345 e. The lowest BCUT2D eigenvalue weighted by Gasteiger charge is -2.30. The summed E-state index contributed by atoms with van der Waals surface area (Å²) in [5.41, 5.74) is 2.67. The van der Waals surface area contributed by atoms with Crippen molar-refractivity contribution in [2.45, 2.75) is 62.2 Å². The molecule has 18 heteroatoms. The van der Waals surface area contributed by atoms with Crippen molar-refractivity contribution >= 4 is 43.8 Å². The van der Waals surface area contributed by atoms with E-state index >= 15 is 0 Å². The van der Waals surface area contributed by atoms with Gasteiger partial charge in [0.1, 0.15) is 18.3 Å². The molecule has 1 fully saturated rings. The van der Waals surface area contributed by atoms with Gasteiger partial charge < -0.3 is 39.5 Å². The molecule has 6 N–H and O–H groups in total. The molecule has 0 radical (unpaired) electrons. The van der Waals surface area contributed by atoms with Crippen LogP contribution in [0.2, 0.25) is 5.28 Å². The number of nitrogens with zero attached hydrogens (tertiary/aromatic N) is 5. The molecule has 2 aromatic heterocycles. The third-order valence-corrected chi connectivity index (χ3v) is 12.2. The molecule has 5 rings (SSSR count). The molecule has 0 spiro atoms. The van der Waals surface area contributed by atoms with Crippen LogP contribution in [0.1, 0.15) is 43.7 Å². The van der Waals surface area contributed by atoms with Gasteiger partial charge in [-0.05, 0) is 49.4 Å². The van der Waals surface area contributed by atoms with Gasteiger partial charge in [-0.3, -0.25) is 9.13 Å². The second-order valence-electron chi connectivity index (χ2n) is 9.88. The number of benzene rings is 1. The average Bonchev–Trinajstić information content (AvgIpc) is 3.54. The molecule has 1 aliphatic carbocycles. The van der Waals surface area contributed by atoms with E-state index in [1.54, 1.807) is 0 Å². The van der Waals surface area contributed by atoms with Crippen LogP contribution in [0.3, 0.4) is 0 Å². The molecule has 0 saturated carbocycles. The molecule has 1 aliphatic heterocycles. The second kappa shape index (κ2) is 10.1. The minimum atomic E-state index is -5.04. The molecule has 0 amide bonds. The van der Waals surface area contributed by atoms with Crippen LogP contribution in [-0.2, 0) is 24.8 Å². The van der Waals surface area contributed by atoms with Crippen LogP contribution in [0.4, 0.5) is 5.82 Å². The minimum Gasteiger partial charge on any atom is -0.387 e. The lowest BCUT2D eigenvalue weighted by molar-refractivity contribution is -0.0553. The Morgan fingerprint density at radius 3 is 2.62 bits per heavy atom. The van der Waals surface area contributed by atoms with E-state index in [1.165, 1.54) is 5.56 Å². The summed E-state index contributed by atoms with van der Waals surface area (Å²) in [5.74, 6) is 0.312. The summed E-state index contributed by atoms with van der Waals surface area (Å²) in [6, 6.07) is 7.96. The smallest absolute Gasteiger partial charge is 0.345 e. The first-order chi connectivity index (χ1) is 18.2. The van der Waals surface area contributed by atoms with Crippen molar-refractivity contribution in [3.63, 3.8) is 0 Å². The van der Waals surface area contributed by atoms with E-state index in [2.05, 4.69) is 31.7 Å². The number of halogens is 1. The zero-order valence-electron chi connectivity index (χ0n) is 20.7. The van der Waals surface area contributed by atoms with Crippen molar-refractivity contribution < 1.29 is 43.3 Å². The van der Waals surface area contributed by atoms with Crippen molar-refractivity contribution in [3.05, 3.63) is 40.7 Å². The van der Waals surface area contributed by atoms with Gasteiger partial charge in [-0.1, -0.05) is 29.5 Å². The van der Waals surface area contributed by atoms with E-state index in [0.29, 0.717) is 5.82 Å². The van der Waals surface area contributed by atoms with Crippen LogP contribution in [0, 0.1) is 0 Å². The van der Waals surface area contributed by atoms with E-state index in [-0.39, 0.29) is 22.5 Å². The highest BCUT2D eigenvalue weighted by Crippen LogP contribution is 2.71. The predicted octanol–water partition coefficient (Wildman–Crippen LogP) is 1.71. The average molecular weight is 605 g/mol. The zero-order valence-corrected chi connectivity index (χ0v) is 23.2. The SMILES string of the molecule is CC(C)(P(=O)(O)O)P(=O)(O)OC[C@H]1O[C@@H](n2nnc3c(N[C@H]4CCc5ccccc54)nc(Cl)nc32)[C@H](O)[C@@H]1O. The van der Waals surface area contributed by atoms with Gasteiger partial charge in [0.15, 0.2) is 28.1 Å². The summed E-state index contributed by atoms with van der Waals surface area (Å²) < 4.78 is 36.0. The highest BCUT2D eigenvalue weighted by Gasteiger charge is 2.55. The van der Waals surface area contributed by atoms with Gasteiger partial charge in [-0.25, -0.2) is 0 Å². The highest BCUT2D eigenvalue weighted by atomic mass is 35.5. The Balaban J connectivity index is 1.37. The summed E-state index contributed by atoms with van der Waals surface area (Å²) in [6.45, 7) is 1.01. The van der Waals surface area contributed by atoms with Crippen molar-refractivity contribution in [3.8, 4) is 0 Å². The molecule has 2 aliphatic rings. The zero-order chi connectivity index (χ0) is 28.3. The lowest BCUT2D eigenvalue weighted by atomic mass is 10.1. The standard InChI is InChI=1S/C21H27ClN6O9P2/c1-21(2,38(31,32)33)39(34,35)36-9-13-15(29)16(30)19(37-13)28-18-14(26-27-28)17(24-20(22)25-18)23-12-8-7-10-5-3-4-6-11(10)12/h3-6,12-13,15-16,19,29-30H,7-9H2,1-2H3,(H,34,35)(H,23,24,25)(H2,31,32,33)/t12-,13+,15+,16+,19+/m0/s1. The molecular formula is C21H27ClN6O9P2. The number of nitrogens with one attached hydrogen (secondary N) is 1. The third-order valence-electron chi connectivity index (χ3n) is 7.14. The molecule has 1 aromatic carbocycles. The number of aliphatic hydroxyl groups excluding tert-OH is 2. The van der Waals surface area contributed by atoms with Crippen LogP contribution in [-0.4, -0.2) is 79.7 Å². The van der Waals surface area contributed by atoms with E-state index < -0.39 is 51.2 Å². The molecule has 0 bridgehead atoms. The van der Waals surface area contributed by atoms with Crippen molar-refractivity contribution in [1.29, 1.82) is 0 Å². The maximum atomic E-state index is 12.6. The lowest BCUT2D eigenvalue weighted by Crippen LogP contribution is -2.34. The third kappa shape index (κ3) is 5.02. The van der Waals surface area contributed by atoms with Crippen LogP contribution >= 0.6 is 26.8 Å². The van der Waals surface area contributed by atoms with Crippen LogP contribution in [0.15, 0.2) is 24.3 Å². The van der Waals surface area contributed by atoms with Gasteiger partial charge in [0.25, 0.3) is 0 Å². The summed E-state index contributed by atoms with van der Waals surface area (Å²) in [5, 5.41) is 32.6. The van der Waals surface area contributed by atoms with E-state index in [4.69, 9.17) is 20.9 Å². The summed E-state index contributed by atoms with van der Waals surface area (Å²) in [7, 11) is -9.95. The molecule has 3 heterocycles. The van der Waals surface area contributed by atoms with Gasteiger partial charge in [0, 0.05) is 0 Å². The fraction of sp³-hybridized carbons (Fsp3) is 0.524. The van der Waals surface area contributed by atoms with E-state index in [0.717, 1.165) is 36.9 Å². The van der Waals surface area contributed by atoms with Crippen LogP contribution in [0.25, 0.3) is 11.2 Å². The Hall–Kier alpha value is -2.03. The molecular weight excluding hydrogens is 578 g/mol. The molecule has 1 unspecified atom stereocenters. The van der Waals surface area contributed by atoms with E-state index in [1.807, 2.05) is 18.2 Å². The predicted molar refractivity (Wildman–Crippen MR) is 137 cm³/mol. The Morgan fingerprint density at radius 1 is 1.18 bits per heavy atom. The van der Waals surface area contributed by atoms with E-state index in [9.17, 15) is 34.0 Å². The van der Waals surface area contributed by atoms with Crippen LogP contribution < -0.4 is 5.32 Å². The summed E-state index contributed by atoms with van der Waals surface area (Å²) in [6.07, 6.45) is -4.21. The number of hydrogen-bond acceptors (Lipinski definition) is 11. The first-order valence-corrected chi connectivity index (χ1v) is 15.5. The molecule has 39 heavy (non-hydrogen) atoms. The van der Waals surface area contributed by atoms with Crippen LogP contribution in [0.5, 0.6) is 0 Å². The minimum absolute atomic E-state index is 0.0521. The Morgan fingerprint density at radius 2 is 1.90 bits per heavy atom. The fourth-order valence-corrected chi connectivity index (χ4v) is 6.83. The van der Waals surface area contributed by atoms with Gasteiger partial charge in [0.05, 0.1) is 12.6 Å². The largest absolute Gasteiger partial charge is 0.387 e. The Bertz CT molecular complexity index is 1500. The number of rotatable bonds is 8. The molecule has 212 valence electrons. The number of anilines is 1. The number of aliphatic hydroxyl groups is 2. The van der Waals surface area contributed by atoms with Gasteiger partial charge >= 0.3 is 15.2 Å². The van der Waals surface area contributed by atoms with Gasteiger partial charge in [-0.2, -0.15) is 14.6 Å². The molecule has 3 aromatic rings. The van der Waals surface area contributed by atoms with Crippen molar-refractivity contribution in [2.75, 3.05) is 11.9 Å². The monoisotopic (exact) mass is 604 g/mol. The number of hydrogen-bond donors (Lipinski definition) is 6. The number of aromatic nitrogens is 5. The number of ether oxygens (including phenoxy) is 1. The Kier molecular flexibility index (Phi) is 7.39. The summed E-state index contributed by atoms with van der Waals surface area (Å²) in [4.78, 5) is 35.1. The van der Waals surface area contributed by atoms with Gasteiger partial charge in [0.2, 0.25) is 5.28 Å². The number of fused-ring (bicyclic) bond motifs is 2. The number of aryl methyl sites for hydroxylation is 1. The van der Waals surface area contributed by atoms with Crippen molar-refractivity contribution in [2.24, 2.45) is 0 Å². The fourth-order valence-electron chi connectivity index (χ4n) is 4.51. The first kappa shape index (κ1) is 28.5. The normalized spacial score (nSPS) is 27.0. The first-order valence-electron chi connectivity index (χ1n) is 11.9. The summed E-state index contributed by atoms with van der Waals surface area (Å²) >= 11 is 6.19. The highest BCUT2D eigenvalue weighted by molar-refractivity contribution is 7.72. The molecule has 6 atom stereocenters. The molecule has 1 saturated heterocycles. The quantitative estimate of drug-likeness (QED) is 0.159. The molecule has 15 nitrogen and oxygen atoms in total. The van der Waals surface area contributed by atoms with Gasteiger partial charge in [-0.15, -0.1) is 5.10 Å². The second-order valence-corrected chi connectivity index (χ2v) is 15.2. The van der Waals surface area contributed by atoms with Crippen molar-refractivity contribution in [1.82, 2.24) is 25.0 Å².